The SMILES string of the molecule is CCCCCC([C-]=O)CS.[Y]. The van der Waals surface area contributed by atoms with Crippen LogP contribution < -0.4 is 0 Å². The summed E-state index contributed by atoms with van der Waals surface area (Å²) >= 11 is 4.04. The summed E-state index contributed by atoms with van der Waals surface area (Å²) in [6, 6.07) is 0. The van der Waals surface area contributed by atoms with E-state index >= 15 is 0 Å². The first-order chi connectivity index (χ1) is 4.85. The van der Waals surface area contributed by atoms with Crippen molar-refractivity contribution < 1.29 is 37.5 Å². The van der Waals surface area contributed by atoms with Gasteiger partial charge in [0, 0.05) is 32.7 Å². The van der Waals surface area contributed by atoms with Gasteiger partial charge in [-0.25, -0.2) is 0 Å². The Morgan fingerprint density at radius 3 is 2.45 bits per heavy atom. The summed E-state index contributed by atoms with van der Waals surface area (Å²) in [6.07, 6.45) is 6.50. The maximum atomic E-state index is 10.2. The first-order valence-electron chi connectivity index (χ1n) is 3.83. The van der Waals surface area contributed by atoms with Crippen molar-refractivity contribution >= 4 is 18.9 Å². The first-order valence-corrected chi connectivity index (χ1v) is 4.47. The van der Waals surface area contributed by atoms with E-state index in [0.717, 1.165) is 12.8 Å². The van der Waals surface area contributed by atoms with Crippen molar-refractivity contribution in [2.24, 2.45) is 5.92 Å². The zero-order chi connectivity index (χ0) is 7.82. The summed E-state index contributed by atoms with van der Waals surface area (Å²) in [7, 11) is 0. The summed E-state index contributed by atoms with van der Waals surface area (Å²) in [6.45, 7) is 2.15. The molecule has 0 bridgehead atoms. The molecule has 11 heavy (non-hydrogen) atoms. The van der Waals surface area contributed by atoms with Gasteiger partial charge < -0.3 is 4.79 Å². The number of hydrogen-bond donors (Lipinski definition) is 1. The van der Waals surface area contributed by atoms with Gasteiger partial charge in [-0.2, -0.15) is 12.6 Å². The smallest absolute Gasteiger partial charge is 0 e. The number of thiol groups is 1. The van der Waals surface area contributed by atoms with Crippen LogP contribution in [0.4, 0.5) is 0 Å². The van der Waals surface area contributed by atoms with Gasteiger partial charge in [-0.1, -0.05) is 32.6 Å². The van der Waals surface area contributed by atoms with Crippen LogP contribution in [0.3, 0.4) is 0 Å². The zero-order valence-electron chi connectivity index (χ0n) is 7.05. The monoisotopic (exact) mass is 248 g/mol. The Balaban J connectivity index is 0. The first kappa shape index (κ1) is 14.6. The van der Waals surface area contributed by atoms with E-state index in [1.54, 1.807) is 0 Å². The molecule has 1 nitrogen and oxygen atoms in total. The second kappa shape index (κ2) is 11.1. The molecule has 0 aromatic heterocycles. The molecule has 1 atom stereocenters. The summed E-state index contributed by atoms with van der Waals surface area (Å²) < 4.78 is 0. The average molecular weight is 248 g/mol. The number of rotatable bonds is 6. The van der Waals surface area contributed by atoms with Gasteiger partial charge in [0.25, 0.3) is 0 Å². The summed E-state index contributed by atoms with van der Waals surface area (Å²) in [5.41, 5.74) is 0. The minimum atomic E-state index is 0. The molecule has 0 spiro atoms. The zero-order valence-corrected chi connectivity index (χ0v) is 10.8. The van der Waals surface area contributed by atoms with Gasteiger partial charge in [0.15, 0.2) is 0 Å². The Labute approximate surface area is 100.0 Å². The van der Waals surface area contributed by atoms with Gasteiger partial charge in [-0.3, -0.25) is 6.29 Å². The molecule has 0 aromatic rings. The molecule has 0 aliphatic carbocycles. The van der Waals surface area contributed by atoms with Gasteiger partial charge >= 0.3 is 0 Å². The number of unbranched alkanes of at least 4 members (excludes halogenated alkanes) is 2. The van der Waals surface area contributed by atoms with Gasteiger partial charge in [-0.05, 0) is 5.75 Å². The standard InChI is InChI=1S/C8H15OS.Y/c1-2-3-4-5-8(6-9)7-10;/h8,10H,2-5,7H2,1H3;/q-1;. The molecule has 0 aliphatic rings. The molecule has 1 unspecified atom stereocenters. The fraction of sp³-hybridized carbons (Fsp3) is 0.875. The molecule has 0 rings (SSSR count). The Hall–Kier alpha value is 1.12. The van der Waals surface area contributed by atoms with E-state index in [1.807, 2.05) is 6.29 Å². The van der Waals surface area contributed by atoms with Gasteiger partial charge in [-0.15, -0.1) is 5.92 Å². The van der Waals surface area contributed by atoms with Crippen LogP contribution in [0.5, 0.6) is 0 Å². The van der Waals surface area contributed by atoms with E-state index < -0.39 is 0 Å². The number of hydrogen-bond acceptors (Lipinski definition) is 2. The third kappa shape index (κ3) is 9.03. The van der Waals surface area contributed by atoms with Crippen molar-refractivity contribution in [3.8, 4) is 0 Å². The molecular formula is C8H15OSY-. The predicted octanol–water partition coefficient (Wildman–Crippen LogP) is 2.22. The topological polar surface area (TPSA) is 17.1 Å². The third-order valence-corrected chi connectivity index (χ3v) is 1.98. The molecule has 3 heteroatoms. The molecule has 1 radical (unpaired) electrons. The molecule has 63 valence electrons. The van der Waals surface area contributed by atoms with Gasteiger partial charge in [0.2, 0.25) is 0 Å². The van der Waals surface area contributed by atoms with E-state index in [1.165, 1.54) is 12.8 Å². The summed E-state index contributed by atoms with van der Waals surface area (Å²) in [4.78, 5) is 10.2. The van der Waals surface area contributed by atoms with E-state index in [4.69, 9.17) is 0 Å². The Bertz CT molecular complexity index is 88.2. The van der Waals surface area contributed by atoms with E-state index in [2.05, 4.69) is 19.6 Å². The second-order valence-corrected chi connectivity index (χ2v) is 2.86. The molecule has 0 aliphatic heterocycles. The maximum absolute atomic E-state index is 10.2. The van der Waals surface area contributed by atoms with Crippen LogP contribution in [0.15, 0.2) is 0 Å². The average Bonchev–Trinajstić information content (AvgIpc) is 1.99. The van der Waals surface area contributed by atoms with Crippen molar-refractivity contribution in [1.82, 2.24) is 0 Å². The van der Waals surface area contributed by atoms with E-state index in [-0.39, 0.29) is 38.6 Å². The van der Waals surface area contributed by atoms with Crippen LogP contribution >= 0.6 is 12.6 Å². The predicted molar refractivity (Wildman–Crippen MR) is 47.2 cm³/mol. The summed E-state index contributed by atoms with van der Waals surface area (Å²) in [5.74, 6) is 0.711. The Morgan fingerprint density at radius 1 is 1.45 bits per heavy atom. The minimum Gasteiger partial charge on any atom is -0.541 e. The largest absolute Gasteiger partial charge is 0.541 e. The van der Waals surface area contributed by atoms with Crippen molar-refractivity contribution in [2.45, 2.75) is 32.6 Å². The summed E-state index contributed by atoms with van der Waals surface area (Å²) in [5, 5.41) is 0. The van der Waals surface area contributed by atoms with Crippen molar-refractivity contribution in [3.63, 3.8) is 0 Å². The van der Waals surface area contributed by atoms with Crippen LogP contribution in [-0.4, -0.2) is 12.0 Å². The van der Waals surface area contributed by atoms with Crippen molar-refractivity contribution in [3.05, 3.63) is 0 Å². The maximum Gasteiger partial charge on any atom is 0 e. The Kier molecular flexibility index (Phi) is 14.8. The van der Waals surface area contributed by atoms with Crippen LogP contribution in [0.2, 0.25) is 0 Å². The molecule has 0 aromatic carbocycles. The molecular weight excluding hydrogens is 233 g/mol. The van der Waals surface area contributed by atoms with Crippen LogP contribution in [0.25, 0.3) is 0 Å². The van der Waals surface area contributed by atoms with Crippen molar-refractivity contribution in [1.29, 1.82) is 0 Å². The fourth-order valence-corrected chi connectivity index (χ4v) is 1.09. The van der Waals surface area contributed by atoms with Crippen LogP contribution in [-0.2, 0) is 37.5 Å². The van der Waals surface area contributed by atoms with Crippen LogP contribution in [0.1, 0.15) is 32.6 Å². The second-order valence-electron chi connectivity index (χ2n) is 2.49. The van der Waals surface area contributed by atoms with Gasteiger partial charge in [0.1, 0.15) is 0 Å². The minimum absolute atomic E-state index is 0. The normalized spacial score (nSPS) is 11.8. The quantitative estimate of drug-likeness (QED) is 0.433. The fourth-order valence-electron chi connectivity index (χ4n) is 0.828. The number of carbonyl (C=O) groups excluding carboxylic acids is 1. The molecule has 0 saturated heterocycles. The third-order valence-electron chi connectivity index (χ3n) is 1.54. The molecule has 0 heterocycles. The van der Waals surface area contributed by atoms with Gasteiger partial charge in [0.05, 0.1) is 0 Å². The van der Waals surface area contributed by atoms with E-state index in [9.17, 15) is 4.79 Å². The van der Waals surface area contributed by atoms with Crippen LogP contribution in [0, 0.1) is 5.92 Å². The molecule has 0 saturated carbocycles. The molecule has 0 fully saturated rings. The Morgan fingerprint density at radius 2 is 2.09 bits per heavy atom. The van der Waals surface area contributed by atoms with E-state index in [0.29, 0.717) is 5.75 Å². The van der Waals surface area contributed by atoms with Crippen molar-refractivity contribution in [2.75, 3.05) is 5.75 Å². The molecule has 0 N–H and O–H groups in total. The molecule has 0 amide bonds.